The lowest BCUT2D eigenvalue weighted by Gasteiger charge is -2.13. The Hall–Kier alpha value is -1.96. The summed E-state index contributed by atoms with van der Waals surface area (Å²) in [5, 5.41) is 13.7. The van der Waals surface area contributed by atoms with Gasteiger partial charge >= 0.3 is 5.69 Å². The van der Waals surface area contributed by atoms with Gasteiger partial charge in [-0.3, -0.25) is 10.1 Å². The molecule has 0 radical (unpaired) electrons. The second kappa shape index (κ2) is 5.94. The van der Waals surface area contributed by atoms with Gasteiger partial charge in [-0.1, -0.05) is 0 Å². The van der Waals surface area contributed by atoms with Gasteiger partial charge in [-0.05, 0) is 13.3 Å². The van der Waals surface area contributed by atoms with E-state index in [-0.39, 0.29) is 23.5 Å². The van der Waals surface area contributed by atoms with E-state index in [1.807, 2.05) is 6.92 Å². The number of nitrogens with zero attached hydrogens (tertiary/aromatic N) is 3. The van der Waals surface area contributed by atoms with Crippen LogP contribution in [0.3, 0.4) is 0 Å². The number of anilines is 2. The summed E-state index contributed by atoms with van der Waals surface area (Å²) in [6, 6.07) is -0.0112. The van der Waals surface area contributed by atoms with E-state index in [1.165, 1.54) is 0 Å². The van der Waals surface area contributed by atoms with Crippen molar-refractivity contribution in [3.05, 3.63) is 16.3 Å². The third-order valence-corrected chi connectivity index (χ3v) is 2.12. The average Bonchev–Trinajstić information content (AvgIpc) is 2.26. The van der Waals surface area contributed by atoms with Gasteiger partial charge in [0.15, 0.2) is 0 Å². The van der Waals surface area contributed by atoms with Crippen molar-refractivity contribution < 1.29 is 9.66 Å². The maximum absolute atomic E-state index is 10.7. The molecule has 1 aromatic rings. The fourth-order valence-corrected chi connectivity index (χ4v) is 1.23. The van der Waals surface area contributed by atoms with Crippen LogP contribution in [0, 0.1) is 10.1 Å². The standard InChI is InChI=1S/C9H15N5O3/c1-6(3-4-17-2)12-8-7(14(15)16)5-11-9(10)13-8/h5-6H,3-4H2,1-2H3,(H3,10,11,12,13). The third-order valence-electron chi connectivity index (χ3n) is 2.12. The van der Waals surface area contributed by atoms with E-state index in [9.17, 15) is 10.1 Å². The zero-order chi connectivity index (χ0) is 12.8. The Labute approximate surface area is 98.4 Å². The van der Waals surface area contributed by atoms with Gasteiger partial charge in [0.2, 0.25) is 11.8 Å². The Morgan fingerprint density at radius 3 is 3.00 bits per heavy atom. The van der Waals surface area contributed by atoms with E-state index < -0.39 is 4.92 Å². The van der Waals surface area contributed by atoms with E-state index in [2.05, 4.69) is 15.3 Å². The zero-order valence-electron chi connectivity index (χ0n) is 9.71. The third kappa shape index (κ3) is 3.83. The van der Waals surface area contributed by atoms with Gasteiger partial charge in [0.1, 0.15) is 6.20 Å². The zero-order valence-corrected chi connectivity index (χ0v) is 9.71. The molecule has 0 saturated carbocycles. The molecule has 1 rings (SSSR count). The topological polar surface area (TPSA) is 116 Å². The number of nitro groups is 1. The quantitative estimate of drug-likeness (QED) is 0.559. The van der Waals surface area contributed by atoms with Gasteiger partial charge in [0.05, 0.1) is 4.92 Å². The number of rotatable bonds is 6. The highest BCUT2D eigenvalue weighted by Gasteiger charge is 2.18. The van der Waals surface area contributed by atoms with Gasteiger partial charge in [-0.2, -0.15) is 4.98 Å². The Balaban J connectivity index is 2.81. The minimum absolute atomic E-state index is 0.00274. The fraction of sp³-hybridized carbons (Fsp3) is 0.556. The molecular formula is C9H15N5O3. The first-order valence-corrected chi connectivity index (χ1v) is 5.07. The van der Waals surface area contributed by atoms with Crippen molar-refractivity contribution in [2.24, 2.45) is 0 Å². The van der Waals surface area contributed by atoms with Crippen molar-refractivity contribution in [3.8, 4) is 0 Å². The van der Waals surface area contributed by atoms with E-state index >= 15 is 0 Å². The first kappa shape index (κ1) is 13.1. The lowest BCUT2D eigenvalue weighted by molar-refractivity contribution is -0.384. The van der Waals surface area contributed by atoms with Crippen molar-refractivity contribution in [3.63, 3.8) is 0 Å². The van der Waals surface area contributed by atoms with E-state index in [0.717, 1.165) is 6.20 Å². The molecule has 0 saturated heterocycles. The summed E-state index contributed by atoms with van der Waals surface area (Å²) >= 11 is 0. The molecule has 0 spiro atoms. The first-order valence-electron chi connectivity index (χ1n) is 5.07. The molecule has 0 amide bonds. The highest BCUT2D eigenvalue weighted by atomic mass is 16.6. The van der Waals surface area contributed by atoms with Crippen molar-refractivity contribution in [2.45, 2.75) is 19.4 Å². The van der Waals surface area contributed by atoms with Crippen LogP contribution >= 0.6 is 0 Å². The lowest BCUT2D eigenvalue weighted by atomic mass is 10.2. The van der Waals surface area contributed by atoms with E-state index in [0.29, 0.717) is 13.0 Å². The lowest BCUT2D eigenvalue weighted by Crippen LogP contribution is -2.19. The minimum atomic E-state index is -0.551. The first-order chi connectivity index (χ1) is 8.04. The molecule has 1 aromatic heterocycles. The summed E-state index contributed by atoms with van der Waals surface area (Å²) in [6.07, 6.45) is 1.80. The second-order valence-corrected chi connectivity index (χ2v) is 3.55. The second-order valence-electron chi connectivity index (χ2n) is 3.55. The maximum Gasteiger partial charge on any atom is 0.329 e. The number of ether oxygens (including phenoxy) is 1. The van der Waals surface area contributed by atoms with Crippen LogP contribution in [-0.4, -0.2) is 34.6 Å². The van der Waals surface area contributed by atoms with Crippen LogP contribution < -0.4 is 11.1 Å². The Morgan fingerprint density at radius 2 is 2.41 bits per heavy atom. The van der Waals surface area contributed by atoms with Crippen molar-refractivity contribution in [2.75, 3.05) is 24.8 Å². The van der Waals surface area contributed by atoms with Crippen LogP contribution in [0.15, 0.2) is 6.20 Å². The van der Waals surface area contributed by atoms with Crippen molar-refractivity contribution >= 4 is 17.5 Å². The van der Waals surface area contributed by atoms with Crippen LogP contribution in [0.5, 0.6) is 0 Å². The molecule has 3 N–H and O–H groups in total. The molecule has 0 fully saturated rings. The molecule has 1 heterocycles. The molecular weight excluding hydrogens is 226 g/mol. The molecule has 0 bridgehead atoms. The predicted octanol–water partition coefficient (Wildman–Crippen LogP) is 0.804. The molecule has 0 aliphatic heterocycles. The fourth-order valence-electron chi connectivity index (χ4n) is 1.23. The van der Waals surface area contributed by atoms with Crippen LogP contribution in [0.4, 0.5) is 17.5 Å². The molecule has 1 unspecified atom stereocenters. The maximum atomic E-state index is 10.7. The van der Waals surface area contributed by atoms with Crippen LogP contribution in [-0.2, 0) is 4.74 Å². The molecule has 8 heteroatoms. The molecule has 0 aliphatic rings. The van der Waals surface area contributed by atoms with Crippen LogP contribution in [0.1, 0.15) is 13.3 Å². The Bertz CT molecular complexity index is 398. The van der Waals surface area contributed by atoms with Crippen molar-refractivity contribution in [1.82, 2.24) is 9.97 Å². The molecule has 8 nitrogen and oxygen atoms in total. The number of nitrogens with two attached hydrogens (primary N) is 1. The number of nitrogens with one attached hydrogen (secondary N) is 1. The molecule has 1 atom stereocenters. The van der Waals surface area contributed by atoms with Gasteiger partial charge in [0, 0.05) is 19.8 Å². The number of nitrogen functional groups attached to an aromatic ring is 1. The van der Waals surface area contributed by atoms with Gasteiger partial charge in [-0.15, -0.1) is 0 Å². The number of hydrogen-bond acceptors (Lipinski definition) is 7. The molecule has 0 aromatic carbocycles. The van der Waals surface area contributed by atoms with Gasteiger partial charge in [-0.25, -0.2) is 4.98 Å². The summed E-state index contributed by atoms with van der Waals surface area (Å²) in [4.78, 5) is 17.6. The number of methoxy groups -OCH3 is 1. The normalized spacial score (nSPS) is 12.1. The number of hydrogen-bond donors (Lipinski definition) is 2. The SMILES string of the molecule is COCCC(C)Nc1nc(N)ncc1[N+](=O)[O-]. The van der Waals surface area contributed by atoms with Gasteiger partial charge in [0.25, 0.3) is 0 Å². The summed E-state index contributed by atoms with van der Waals surface area (Å²) in [6.45, 7) is 2.43. The Morgan fingerprint density at radius 1 is 1.71 bits per heavy atom. The smallest absolute Gasteiger partial charge is 0.329 e. The minimum Gasteiger partial charge on any atom is -0.385 e. The monoisotopic (exact) mass is 241 g/mol. The van der Waals surface area contributed by atoms with E-state index in [1.54, 1.807) is 7.11 Å². The van der Waals surface area contributed by atoms with Crippen LogP contribution in [0.2, 0.25) is 0 Å². The Kier molecular flexibility index (Phi) is 4.58. The summed E-state index contributed by atoms with van der Waals surface area (Å²) < 4.78 is 4.92. The highest BCUT2D eigenvalue weighted by molar-refractivity contribution is 5.56. The highest BCUT2D eigenvalue weighted by Crippen LogP contribution is 2.22. The summed E-state index contributed by atoms with van der Waals surface area (Å²) in [5.74, 6) is 0.128. The van der Waals surface area contributed by atoms with Gasteiger partial charge < -0.3 is 15.8 Å². The molecule has 17 heavy (non-hydrogen) atoms. The largest absolute Gasteiger partial charge is 0.385 e. The summed E-state index contributed by atoms with van der Waals surface area (Å²) in [7, 11) is 1.60. The average molecular weight is 241 g/mol. The van der Waals surface area contributed by atoms with Crippen molar-refractivity contribution in [1.29, 1.82) is 0 Å². The summed E-state index contributed by atoms with van der Waals surface area (Å²) in [5.41, 5.74) is 5.20. The van der Waals surface area contributed by atoms with Crippen LogP contribution in [0.25, 0.3) is 0 Å². The van der Waals surface area contributed by atoms with E-state index in [4.69, 9.17) is 10.5 Å². The number of aromatic nitrogens is 2. The predicted molar refractivity (Wildman–Crippen MR) is 62.7 cm³/mol. The molecule has 94 valence electrons. The molecule has 0 aliphatic carbocycles.